The second kappa shape index (κ2) is 6.67. The normalized spacial score (nSPS) is 18.2. The van der Waals surface area contributed by atoms with Gasteiger partial charge in [-0.15, -0.1) is 11.3 Å². The van der Waals surface area contributed by atoms with Crippen molar-refractivity contribution in [2.75, 3.05) is 13.1 Å². The van der Waals surface area contributed by atoms with E-state index < -0.39 is 0 Å². The van der Waals surface area contributed by atoms with Crippen molar-refractivity contribution in [1.82, 2.24) is 19.7 Å². The molecular formula is C18H26N4OS. The number of likely N-dealkylation sites (tertiary alicyclic amines) is 1. The first-order chi connectivity index (χ1) is 11.4. The lowest BCUT2D eigenvalue weighted by molar-refractivity contribution is -0.131. The molecule has 2 aromatic rings. The molecule has 0 aliphatic carbocycles. The largest absolute Gasteiger partial charge is 0.342 e. The minimum absolute atomic E-state index is 0.212. The van der Waals surface area contributed by atoms with E-state index in [0.717, 1.165) is 48.6 Å². The van der Waals surface area contributed by atoms with Gasteiger partial charge in [0.2, 0.25) is 5.91 Å². The van der Waals surface area contributed by atoms with Crippen molar-refractivity contribution in [3.8, 4) is 0 Å². The van der Waals surface area contributed by atoms with E-state index >= 15 is 0 Å². The molecule has 3 rings (SSSR count). The molecule has 1 unspecified atom stereocenters. The number of carbonyl (C=O) groups is 1. The first kappa shape index (κ1) is 17.1. The van der Waals surface area contributed by atoms with E-state index in [4.69, 9.17) is 4.98 Å². The van der Waals surface area contributed by atoms with Crippen LogP contribution in [-0.4, -0.2) is 38.7 Å². The third-order valence-electron chi connectivity index (χ3n) is 5.16. The van der Waals surface area contributed by atoms with E-state index in [2.05, 4.69) is 18.9 Å². The molecule has 0 spiro atoms. The second-order valence-corrected chi connectivity index (χ2v) is 8.06. The summed E-state index contributed by atoms with van der Waals surface area (Å²) < 4.78 is 1.86. The van der Waals surface area contributed by atoms with Crippen LogP contribution in [0.3, 0.4) is 0 Å². The number of hydrogen-bond acceptors (Lipinski definition) is 4. The molecule has 1 fully saturated rings. The van der Waals surface area contributed by atoms with Gasteiger partial charge in [0, 0.05) is 42.2 Å². The predicted molar refractivity (Wildman–Crippen MR) is 96.5 cm³/mol. The molecule has 2 aromatic heterocycles. The molecule has 1 aliphatic rings. The standard InChI is InChI=1S/C18H26N4OS/c1-11-14(4)24-18(19-11)15-7-6-8-22(10-15)17(23)9-16-12(2)20-21(5)13(16)3/h15H,6-10H2,1-5H3. The maximum atomic E-state index is 12.8. The van der Waals surface area contributed by atoms with Gasteiger partial charge in [-0.25, -0.2) is 4.98 Å². The molecule has 24 heavy (non-hydrogen) atoms. The van der Waals surface area contributed by atoms with Crippen LogP contribution in [0.25, 0.3) is 0 Å². The Hall–Kier alpha value is -1.69. The Morgan fingerprint density at radius 1 is 1.25 bits per heavy atom. The monoisotopic (exact) mass is 346 g/mol. The highest BCUT2D eigenvalue weighted by atomic mass is 32.1. The van der Waals surface area contributed by atoms with Crippen molar-refractivity contribution in [3.05, 3.63) is 32.5 Å². The van der Waals surface area contributed by atoms with E-state index in [0.29, 0.717) is 12.3 Å². The van der Waals surface area contributed by atoms with Gasteiger partial charge in [-0.3, -0.25) is 9.48 Å². The van der Waals surface area contributed by atoms with Crippen LogP contribution in [0.1, 0.15) is 51.3 Å². The van der Waals surface area contributed by atoms with Crippen molar-refractivity contribution in [3.63, 3.8) is 0 Å². The zero-order valence-corrected chi connectivity index (χ0v) is 16.0. The van der Waals surface area contributed by atoms with Crippen LogP contribution in [-0.2, 0) is 18.3 Å². The highest BCUT2D eigenvalue weighted by Crippen LogP contribution is 2.31. The average Bonchev–Trinajstić information content (AvgIpc) is 3.01. The summed E-state index contributed by atoms with van der Waals surface area (Å²) in [4.78, 5) is 20.8. The average molecular weight is 347 g/mol. The highest BCUT2D eigenvalue weighted by molar-refractivity contribution is 7.11. The number of amides is 1. The number of thiazole rings is 1. The van der Waals surface area contributed by atoms with Gasteiger partial charge in [-0.05, 0) is 40.5 Å². The third-order valence-corrected chi connectivity index (χ3v) is 6.39. The lowest BCUT2D eigenvalue weighted by Crippen LogP contribution is -2.40. The molecule has 0 aromatic carbocycles. The summed E-state index contributed by atoms with van der Waals surface area (Å²) in [6, 6.07) is 0. The lowest BCUT2D eigenvalue weighted by atomic mass is 9.98. The van der Waals surface area contributed by atoms with E-state index in [-0.39, 0.29) is 5.91 Å². The van der Waals surface area contributed by atoms with Gasteiger partial charge in [-0.1, -0.05) is 0 Å². The minimum atomic E-state index is 0.212. The van der Waals surface area contributed by atoms with Crippen LogP contribution in [0.5, 0.6) is 0 Å². The maximum absolute atomic E-state index is 12.8. The molecule has 1 aliphatic heterocycles. The fourth-order valence-corrected chi connectivity index (χ4v) is 4.46. The number of carbonyl (C=O) groups excluding carboxylic acids is 1. The van der Waals surface area contributed by atoms with Gasteiger partial charge >= 0.3 is 0 Å². The van der Waals surface area contributed by atoms with Gasteiger partial charge in [0.05, 0.1) is 22.8 Å². The number of rotatable bonds is 3. The molecule has 0 N–H and O–H groups in total. The molecular weight excluding hydrogens is 320 g/mol. The Morgan fingerprint density at radius 2 is 2.00 bits per heavy atom. The summed E-state index contributed by atoms with van der Waals surface area (Å²) in [6.07, 6.45) is 2.63. The van der Waals surface area contributed by atoms with Crippen molar-refractivity contribution in [2.24, 2.45) is 7.05 Å². The Bertz CT molecular complexity index is 742. The van der Waals surface area contributed by atoms with Gasteiger partial charge in [0.1, 0.15) is 0 Å². The third kappa shape index (κ3) is 3.24. The topological polar surface area (TPSA) is 51.0 Å². The smallest absolute Gasteiger partial charge is 0.227 e. The molecule has 5 nitrogen and oxygen atoms in total. The van der Waals surface area contributed by atoms with Crippen LogP contribution >= 0.6 is 11.3 Å². The summed E-state index contributed by atoms with van der Waals surface area (Å²) in [7, 11) is 1.93. The predicted octanol–water partition coefficient (Wildman–Crippen LogP) is 3.06. The van der Waals surface area contributed by atoms with E-state index in [1.807, 2.05) is 30.5 Å². The Kier molecular flexibility index (Phi) is 4.76. The molecule has 0 saturated carbocycles. The zero-order valence-electron chi connectivity index (χ0n) is 15.2. The molecule has 0 bridgehead atoms. The second-order valence-electron chi connectivity index (χ2n) is 6.82. The fourth-order valence-electron chi connectivity index (χ4n) is 3.41. The zero-order chi connectivity index (χ0) is 17.4. The van der Waals surface area contributed by atoms with Crippen LogP contribution in [0, 0.1) is 27.7 Å². The maximum Gasteiger partial charge on any atom is 0.227 e. The molecule has 130 valence electrons. The number of aryl methyl sites for hydroxylation is 4. The van der Waals surface area contributed by atoms with E-state index in [9.17, 15) is 4.79 Å². The molecule has 1 amide bonds. The van der Waals surface area contributed by atoms with Gasteiger partial charge in [-0.2, -0.15) is 5.10 Å². The van der Waals surface area contributed by atoms with E-state index in [1.165, 1.54) is 9.88 Å². The van der Waals surface area contributed by atoms with Crippen LogP contribution < -0.4 is 0 Å². The molecule has 6 heteroatoms. The first-order valence-electron chi connectivity index (χ1n) is 8.57. The summed E-state index contributed by atoms with van der Waals surface area (Å²) in [5, 5.41) is 5.61. The SMILES string of the molecule is Cc1nc(C2CCCN(C(=O)Cc3c(C)nn(C)c3C)C2)sc1C. The summed E-state index contributed by atoms with van der Waals surface area (Å²) in [5.74, 6) is 0.597. The van der Waals surface area contributed by atoms with Crippen molar-refractivity contribution >= 4 is 17.2 Å². The minimum Gasteiger partial charge on any atom is -0.342 e. The summed E-state index contributed by atoms with van der Waals surface area (Å²) in [6.45, 7) is 9.85. The highest BCUT2D eigenvalue weighted by Gasteiger charge is 2.28. The van der Waals surface area contributed by atoms with Crippen LogP contribution in [0.2, 0.25) is 0 Å². The molecule has 3 heterocycles. The van der Waals surface area contributed by atoms with Crippen LogP contribution in [0.15, 0.2) is 0 Å². The van der Waals surface area contributed by atoms with Crippen molar-refractivity contribution in [2.45, 2.75) is 52.9 Å². The number of aromatic nitrogens is 3. The number of hydrogen-bond donors (Lipinski definition) is 0. The number of nitrogens with zero attached hydrogens (tertiary/aromatic N) is 4. The quantitative estimate of drug-likeness (QED) is 0.858. The first-order valence-corrected chi connectivity index (χ1v) is 9.39. The Balaban J connectivity index is 1.71. The van der Waals surface area contributed by atoms with Crippen molar-refractivity contribution < 1.29 is 4.79 Å². The number of piperidine rings is 1. The van der Waals surface area contributed by atoms with Gasteiger partial charge in [0.15, 0.2) is 0 Å². The van der Waals surface area contributed by atoms with Crippen LogP contribution in [0.4, 0.5) is 0 Å². The molecule has 1 atom stereocenters. The molecule has 1 saturated heterocycles. The summed E-state index contributed by atoms with van der Waals surface area (Å²) in [5.41, 5.74) is 4.24. The Labute approximate surface area is 147 Å². The molecule has 0 radical (unpaired) electrons. The van der Waals surface area contributed by atoms with E-state index in [1.54, 1.807) is 11.3 Å². The lowest BCUT2D eigenvalue weighted by Gasteiger charge is -2.32. The fraction of sp³-hybridized carbons (Fsp3) is 0.611. The Morgan fingerprint density at radius 3 is 2.58 bits per heavy atom. The summed E-state index contributed by atoms with van der Waals surface area (Å²) >= 11 is 1.78. The van der Waals surface area contributed by atoms with Crippen molar-refractivity contribution in [1.29, 1.82) is 0 Å². The van der Waals surface area contributed by atoms with Gasteiger partial charge in [0.25, 0.3) is 0 Å². The van der Waals surface area contributed by atoms with Gasteiger partial charge < -0.3 is 4.90 Å².